The average Bonchev–Trinajstić information content (AvgIpc) is 2.82. The molecule has 86 valence electrons. The van der Waals surface area contributed by atoms with Gasteiger partial charge in [0.25, 0.3) is 0 Å². The maximum atomic E-state index is 11.6. The maximum absolute atomic E-state index is 11.6. The van der Waals surface area contributed by atoms with E-state index >= 15 is 0 Å². The van der Waals surface area contributed by atoms with E-state index in [0.29, 0.717) is 13.1 Å². The van der Waals surface area contributed by atoms with Gasteiger partial charge in [0.2, 0.25) is 0 Å². The zero-order chi connectivity index (χ0) is 11.5. The van der Waals surface area contributed by atoms with Gasteiger partial charge in [-0.25, -0.2) is 4.79 Å². The van der Waals surface area contributed by atoms with Crippen molar-refractivity contribution in [1.29, 1.82) is 0 Å². The second-order valence-electron chi connectivity index (χ2n) is 3.72. The monoisotopic (exact) mass is 221 g/mol. The Morgan fingerprint density at radius 3 is 2.69 bits per heavy atom. The first kappa shape index (κ1) is 10.8. The molecular formula is C11H15N3O2. The van der Waals surface area contributed by atoms with Crippen LogP contribution in [0.2, 0.25) is 0 Å². The Hall–Kier alpha value is -1.75. The first-order valence-electron chi connectivity index (χ1n) is 5.14. The molecule has 5 nitrogen and oxygen atoms in total. The molecule has 16 heavy (non-hydrogen) atoms. The fourth-order valence-corrected chi connectivity index (χ4v) is 1.58. The van der Waals surface area contributed by atoms with Gasteiger partial charge < -0.3 is 14.3 Å². The summed E-state index contributed by atoms with van der Waals surface area (Å²) in [7, 11) is 3.59. The number of nitrogens with one attached hydrogen (secondary N) is 1. The molecule has 0 aliphatic rings. The summed E-state index contributed by atoms with van der Waals surface area (Å²) >= 11 is 0. The number of hydrogen-bond donors (Lipinski definition) is 1. The van der Waals surface area contributed by atoms with Crippen LogP contribution in [0.4, 0.5) is 0 Å². The van der Waals surface area contributed by atoms with Crippen LogP contribution in [-0.4, -0.2) is 16.2 Å². The minimum Gasteiger partial charge on any atom is -0.463 e. The molecular weight excluding hydrogens is 206 g/mol. The van der Waals surface area contributed by atoms with Crippen LogP contribution < -0.4 is 11.0 Å². The Bertz CT molecular complexity index is 521. The lowest BCUT2D eigenvalue weighted by molar-refractivity contribution is 0.441. The third kappa shape index (κ3) is 2.09. The molecule has 2 aromatic rings. The third-order valence-corrected chi connectivity index (χ3v) is 2.41. The van der Waals surface area contributed by atoms with Crippen LogP contribution in [0.15, 0.2) is 33.7 Å². The molecule has 0 aliphatic heterocycles. The number of rotatable bonds is 4. The lowest BCUT2D eigenvalue weighted by atomic mass is 10.4. The highest BCUT2D eigenvalue weighted by molar-refractivity contribution is 5.07. The molecule has 0 spiro atoms. The van der Waals surface area contributed by atoms with Crippen LogP contribution in [0.3, 0.4) is 0 Å². The highest BCUT2D eigenvalue weighted by Crippen LogP contribution is 2.08. The van der Waals surface area contributed by atoms with Gasteiger partial charge in [-0.1, -0.05) is 0 Å². The Labute approximate surface area is 93.3 Å². The molecule has 2 aromatic heterocycles. The van der Waals surface area contributed by atoms with Crippen molar-refractivity contribution < 1.29 is 4.42 Å². The van der Waals surface area contributed by atoms with Gasteiger partial charge in [0.15, 0.2) is 0 Å². The van der Waals surface area contributed by atoms with E-state index in [2.05, 4.69) is 5.32 Å². The van der Waals surface area contributed by atoms with Crippen molar-refractivity contribution in [3.8, 4) is 0 Å². The van der Waals surface area contributed by atoms with E-state index in [4.69, 9.17) is 4.42 Å². The van der Waals surface area contributed by atoms with E-state index in [1.807, 2.05) is 19.2 Å². The molecule has 0 atom stereocenters. The Morgan fingerprint density at radius 2 is 2.06 bits per heavy atom. The summed E-state index contributed by atoms with van der Waals surface area (Å²) in [6, 6.07) is 3.81. The van der Waals surface area contributed by atoms with E-state index in [9.17, 15) is 4.79 Å². The lowest BCUT2D eigenvalue weighted by Crippen LogP contribution is -2.22. The summed E-state index contributed by atoms with van der Waals surface area (Å²) in [5, 5.41) is 3.01. The predicted octanol–water partition coefficient (Wildman–Crippen LogP) is 0.547. The van der Waals surface area contributed by atoms with E-state index in [1.165, 1.54) is 4.57 Å². The van der Waals surface area contributed by atoms with Crippen molar-refractivity contribution in [1.82, 2.24) is 14.5 Å². The van der Waals surface area contributed by atoms with Crippen molar-refractivity contribution in [2.75, 3.05) is 7.05 Å². The van der Waals surface area contributed by atoms with Crippen molar-refractivity contribution in [2.24, 2.45) is 7.05 Å². The van der Waals surface area contributed by atoms with Crippen LogP contribution in [-0.2, 0) is 20.1 Å². The van der Waals surface area contributed by atoms with Gasteiger partial charge in [-0.2, -0.15) is 0 Å². The van der Waals surface area contributed by atoms with E-state index in [-0.39, 0.29) is 5.69 Å². The third-order valence-electron chi connectivity index (χ3n) is 2.41. The molecule has 0 radical (unpaired) electrons. The molecule has 2 heterocycles. The fraction of sp³-hybridized carbons (Fsp3) is 0.364. The summed E-state index contributed by atoms with van der Waals surface area (Å²) in [4.78, 5) is 11.6. The molecule has 5 heteroatoms. The van der Waals surface area contributed by atoms with Gasteiger partial charge in [0.05, 0.1) is 13.1 Å². The SMILES string of the molecule is CNCc1ccc(Cn2ccn(C)c2=O)o1. The molecule has 0 unspecified atom stereocenters. The standard InChI is InChI=1S/C11H15N3O2/c1-12-7-9-3-4-10(16-9)8-14-6-5-13(2)11(14)15/h3-6,12H,7-8H2,1-2H3. The highest BCUT2D eigenvalue weighted by atomic mass is 16.3. The molecule has 0 aliphatic carbocycles. The quantitative estimate of drug-likeness (QED) is 0.820. The Morgan fingerprint density at radius 1 is 1.31 bits per heavy atom. The average molecular weight is 221 g/mol. The number of furan rings is 1. The second kappa shape index (κ2) is 4.40. The minimum atomic E-state index is -0.0356. The van der Waals surface area contributed by atoms with Gasteiger partial charge in [0, 0.05) is 19.4 Å². The first-order chi connectivity index (χ1) is 7.70. The van der Waals surface area contributed by atoms with Crippen molar-refractivity contribution in [2.45, 2.75) is 13.1 Å². The highest BCUT2D eigenvalue weighted by Gasteiger charge is 2.05. The smallest absolute Gasteiger partial charge is 0.328 e. The summed E-state index contributed by atoms with van der Waals surface area (Å²) in [5.41, 5.74) is -0.0356. The van der Waals surface area contributed by atoms with Crippen LogP contribution in [0, 0.1) is 0 Å². The molecule has 0 amide bonds. The largest absolute Gasteiger partial charge is 0.463 e. The molecule has 0 fully saturated rings. The molecule has 0 bridgehead atoms. The summed E-state index contributed by atoms with van der Waals surface area (Å²) in [6.45, 7) is 1.17. The van der Waals surface area contributed by atoms with Crippen LogP contribution >= 0.6 is 0 Å². The predicted molar refractivity (Wildman–Crippen MR) is 60.2 cm³/mol. The van der Waals surface area contributed by atoms with Crippen molar-refractivity contribution in [3.05, 3.63) is 46.5 Å². The number of aromatic nitrogens is 2. The minimum absolute atomic E-state index is 0.0356. The van der Waals surface area contributed by atoms with Crippen LogP contribution in [0.5, 0.6) is 0 Å². The normalized spacial score (nSPS) is 10.9. The van der Waals surface area contributed by atoms with Gasteiger partial charge in [-0.05, 0) is 19.2 Å². The van der Waals surface area contributed by atoms with E-state index in [1.54, 1.807) is 24.0 Å². The Balaban J connectivity index is 2.14. The molecule has 0 saturated carbocycles. The van der Waals surface area contributed by atoms with Gasteiger partial charge >= 0.3 is 5.69 Å². The van der Waals surface area contributed by atoms with E-state index in [0.717, 1.165) is 11.5 Å². The van der Waals surface area contributed by atoms with Gasteiger partial charge in [-0.3, -0.25) is 4.57 Å². The van der Waals surface area contributed by atoms with Crippen LogP contribution in [0.1, 0.15) is 11.5 Å². The zero-order valence-electron chi connectivity index (χ0n) is 9.43. The first-order valence-corrected chi connectivity index (χ1v) is 5.14. The van der Waals surface area contributed by atoms with Gasteiger partial charge in [0.1, 0.15) is 11.5 Å². The molecule has 2 rings (SSSR count). The second-order valence-corrected chi connectivity index (χ2v) is 3.72. The number of hydrogen-bond acceptors (Lipinski definition) is 3. The van der Waals surface area contributed by atoms with Gasteiger partial charge in [-0.15, -0.1) is 0 Å². The molecule has 0 aromatic carbocycles. The molecule has 0 saturated heterocycles. The summed E-state index contributed by atoms with van der Waals surface area (Å²) in [5.74, 6) is 1.67. The summed E-state index contributed by atoms with van der Waals surface area (Å²) < 4.78 is 8.71. The van der Waals surface area contributed by atoms with Crippen molar-refractivity contribution in [3.63, 3.8) is 0 Å². The van der Waals surface area contributed by atoms with Crippen LogP contribution in [0.25, 0.3) is 0 Å². The Kier molecular flexibility index (Phi) is 2.96. The van der Waals surface area contributed by atoms with E-state index < -0.39 is 0 Å². The fourth-order valence-electron chi connectivity index (χ4n) is 1.58. The summed E-state index contributed by atoms with van der Waals surface area (Å²) in [6.07, 6.45) is 3.49. The number of aryl methyl sites for hydroxylation is 1. The number of imidazole rings is 1. The maximum Gasteiger partial charge on any atom is 0.328 e. The molecule has 1 N–H and O–H groups in total. The zero-order valence-corrected chi connectivity index (χ0v) is 9.43. The lowest BCUT2D eigenvalue weighted by Gasteiger charge is -1.98. The number of nitrogens with zero attached hydrogens (tertiary/aromatic N) is 2. The topological polar surface area (TPSA) is 52.1 Å². The van der Waals surface area contributed by atoms with Crippen molar-refractivity contribution >= 4 is 0 Å².